The van der Waals surface area contributed by atoms with Crippen molar-refractivity contribution in [2.24, 2.45) is 5.73 Å². The molecule has 0 unspecified atom stereocenters. The number of hydrogen-bond acceptors (Lipinski definition) is 2. The molecule has 0 radical (unpaired) electrons. The van der Waals surface area contributed by atoms with E-state index >= 15 is 0 Å². The van der Waals surface area contributed by atoms with Gasteiger partial charge in [-0.15, -0.1) is 0 Å². The zero-order chi connectivity index (χ0) is 14.7. The summed E-state index contributed by atoms with van der Waals surface area (Å²) < 4.78 is 39.6. The van der Waals surface area contributed by atoms with E-state index in [9.17, 15) is 18.0 Å². The summed E-state index contributed by atoms with van der Waals surface area (Å²) in [5.41, 5.74) is 5.81. The van der Waals surface area contributed by atoms with E-state index in [2.05, 4.69) is 5.32 Å². The van der Waals surface area contributed by atoms with Crippen LogP contribution in [0.4, 0.5) is 18.9 Å². The zero-order valence-corrected chi connectivity index (χ0v) is 10.3. The second-order valence-electron chi connectivity index (χ2n) is 4.10. The van der Waals surface area contributed by atoms with Gasteiger partial charge in [0.25, 0.3) is 5.91 Å². The lowest BCUT2D eigenvalue weighted by Crippen LogP contribution is -2.16. The molecule has 0 aromatic heterocycles. The van der Waals surface area contributed by atoms with Crippen molar-refractivity contribution < 1.29 is 18.0 Å². The number of benzene rings is 2. The Kier molecular flexibility index (Phi) is 4.05. The lowest BCUT2D eigenvalue weighted by Gasteiger charge is -2.08. The molecule has 0 atom stereocenters. The van der Waals surface area contributed by atoms with E-state index in [1.54, 1.807) is 24.3 Å². The van der Waals surface area contributed by atoms with E-state index in [4.69, 9.17) is 5.73 Å². The van der Waals surface area contributed by atoms with Crippen molar-refractivity contribution in [1.82, 2.24) is 0 Å². The highest BCUT2D eigenvalue weighted by molar-refractivity contribution is 6.04. The van der Waals surface area contributed by atoms with Crippen LogP contribution in [0.15, 0.2) is 36.4 Å². The molecule has 0 spiro atoms. The third-order valence-corrected chi connectivity index (χ3v) is 2.68. The smallest absolute Gasteiger partial charge is 0.261 e. The van der Waals surface area contributed by atoms with Gasteiger partial charge >= 0.3 is 0 Å². The highest BCUT2D eigenvalue weighted by atomic mass is 19.1. The Bertz CT molecular complexity index is 618. The van der Waals surface area contributed by atoms with Gasteiger partial charge in [0.2, 0.25) is 0 Å². The lowest BCUT2D eigenvalue weighted by atomic mass is 10.1. The van der Waals surface area contributed by atoms with Gasteiger partial charge in [-0.3, -0.25) is 4.79 Å². The number of hydrogen-bond donors (Lipinski definition) is 2. The Hall–Kier alpha value is -2.34. The molecule has 0 bridgehead atoms. The van der Waals surface area contributed by atoms with E-state index in [0.717, 1.165) is 5.56 Å². The maximum Gasteiger partial charge on any atom is 0.261 e. The summed E-state index contributed by atoms with van der Waals surface area (Å²) in [6.45, 7) is 0.343. The first-order valence-corrected chi connectivity index (χ1v) is 5.76. The van der Waals surface area contributed by atoms with Crippen LogP contribution in [-0.4, -0.2) is 5.91 Å². The quantitative estimate of drug-likeness (QED) is 0.908. The highest BCUT2D eigenvalue weighted by Crippen LogP contribution is 2.17. The Balaban J connectivity index is 2.23. The molecule has 2 aromatic carbocycles. The lowest BCUT2D eigenvalue weighted by molar-refractivity contribution is 0.101. The summed E-state index contributed by atoms with van der Waals surface area (Å²) in [4.78, 5) is 11.8. The van der Waals surface area contributed by atoms with Crippen LogP contribution in [-0.2, 0) is 6.54 Å². The molecule has 1 amide bonds. The number of amides is 1. The van der Waals surface area contributed by atoms with Crippen LogP contribution in [0.3, 0.4) is 0 Å². The largest absolute Gasteiger partial charge is 0.326 e. The van der Waals surface area contributed by atoms with Crippen molar-refractivity contribution in [1.29, 1.82) is 0 Å². The molecule has 20 heavy (non-hydrogen) atoms. The minimum Gasteiger partial charge on any atom is -0.326 e. The number of rotatable bonds is 3. The third-order valence-electron chi connectivity index (χ3n) is 2.68. The Morgan fingerprint density at radius 2 is 1.60 bits per heavy atom. The van der Waals surface area contributed by atoms with Gasteiger partial charge in [-0.05, 0) is 17.7 Å². The van der Waals surface area contributed by atoms with Crippen LogP contribution in [0.5, 0.6) is 0 Å². The molecule has 0 aliphatic rings. The summed E-state index contributed by atoms with van der Waals surface area (Å²) in [7, 11) is 0. The predicted molar refractivity (Wildman–Crippen MR) is 68.6 cm³/mol. The van der Waals surface area contributed by atoms with Crippen LogP contribution in [0.1, 0.15) is 15.9 Å². The van der Waals surface area contributed by atoms with Gasteiger partial charge in [-0.2, -0.15) is 0 Å². The summed E-state index contributed by atoms with van der Waals surface area (Å²) in [5.74, 6) is -4.57. The maximum absolute atomic E-state index is 13.4. The van der Waals surface area contributed by atoms with Crippen molar-refractivity contribution in [2.75, 3.05) is 5.32 Å². The van der Waals surface area contributed by atoms with Crippen LogP contribution in [0, 0.1) is 17.5 Å². The molecular formula is C14H11F3N2O. The third kappa shape index (κ3) is 2.97. The molecule has 3 N–H and O–H groups in total. The maximum atomic E-state index is 13.4. The molecule has 0 fully saturated rings. The highest BCUT2D eigenvalue weighted by Gasteiger charge is 2.19. The summed E-state index contributed by atoms with van der Waals surface area (Å²) in [5, 5.41) is 2.33. The first-order chi connectivity index (χ1) is 9.51. The molecule has 3 nitrogen and oxygen atoms in total. The van der Waals surface area contributed by atoms with Crippen molar-refractivity contribution in [3.8, 4) is 0 Å². The normalized spacial score (nSPS) is 10.4. The fourth-order valence-electron chi connectivity index (χ4n) is 1.68. The molecule has 2 aromatic rings. The van der Waals surface area contributed by atoms with Gasteiger partial charge in [-0.25, -0.2) is 13.2 Å². The van der Waals surface area contributed by atoms with Gasteiger partial charge in [0.1, 0.15) is 23.0 Å². The molecule has 0 saturated carbocycles. The fraction of sp³-hybridized carbons (Fsp3) is 0.0714. The fourth-order valence-corrected chi connectivity index (χ4v) is 1.68. The van der Waals surface area contributed by atoms with Crippen molar-refractivity contribution >= 4 is 11.6 Å². The number of carbonyl (C=O) groups is 1. The van der Waals surface area contributed by atoms with Crippen LogP contribution in [0.2, 0.25) is 0 Å². The molecule has 2 rings (SSSR count). The SMILES string of the molecule is NCc1ccc(NC(=O)c2c(F)cc(F)cc2F)cc1. The van der Waals surface area contributed by atoms with Crippen LogP contribution in [0.25, 0.3) is 0 Å². The number of nitrogens with one attached hydrogen (secondary N) is 1. The molecular weight excluding hydrogens is 269 g/mol. The topological polar surface area (TPSA) is 55.1 Å². The van der Waals surface area contributed by atoms with Crippen molar-refractivity contribution in [3.63, 3.8) is 0 Å². The minimum absolute atomic E-state index is 0.343. The van der Waals surface area contributed by atoms with Gasteiger partial charge in [0, 0.05) is 24.4 Å². The van der Waals surface area contributed by atoms with E-state index in [0.29, 0.717) is 24.4 Å². The second-order valence-corrected chi connectivity index (χ2v) is 4.10. The van der Waals surface area contributed by atoms with Gasteiger partial charge in [0.05, 0.1) is 0 Å². The number of halogens is 3. The predicted octanol–water partition coefficient (Wildman–Crippen LogP) is 2.81. The Morgan fingerprint density at radius 1 is 1.05 bits per heavy atom. The monoisotopic (exact) mass is 280 g/mol. The van der Waals surface area contributed by atoms with Crippen LogP contribution >= 0.6 is 0 Å². The average molecular weight is 280 g/mol. The summed E-state index contributed by atoms with van der Waals surface area (Å²) in [6, 6.07) is 7.36. The Morgan fingerprint density at radius 3 is 2.10 bits per heavy atom. The first-order valence-electron chi connectivity index (χ1n) is 5.76. The number of carbonyl (C=O) groups excluding carboxylic acids is 1. The summed E-state index contributed by atoms with van der Waals surface area (Å²) >= 11 is 0. The first kappa shape index (κ1) is 14.1. The average Bonchev–Trinajstić information content (AvgIpc) is 2.38. The number of anilines is 1. The summed E-state index contributed by atoms with van der Waals surface area (Å²) in [6.07, 6.45) is 0. The minimum atomic E-state index is -1.25. The molecule has 6 heteroatoms. The van der Waals surface area contributed by atoms with E-state index < -0.39 is 28.9 Å². The van der Waals surface area contributed by atoms with Crippen LogP contribution < -0.4 is 11.1 Å². The molecule has 0 heterocycles. The van der Waals surface area contributed by atoms with E-state index in [1.165, 1.54) is 0 Å². The second kappa shape index (κ2) is 5.75. The molecule has 0 aliphatic heterocycles. The number of nitrogens with two attached hydrogens (primary N) is 1. The van der Waals surface area contributed by atoms with Gasteiger partial charge in [-0.1, -0.05) is 12.1 Å². The standard InChI is InChI=1S/C14H11F3N2O/c15-9-5-11(16)13(12(17)6-9)14(20)19-10-3-1-8(7-18)2-4-10/h1-6H,7,18H2,(H,19,20). The molecule has 0 saturated heterocycles. The van der Waals surface area contributed by atoms with Crippen molar-refractivity contribution in [3.05, 3.63) is 65.0 Å². The van der Waals surface area contributed by atoms with Gasteiger partial charge < -0.3 is 11.1 Å². The molecule has 104 valence electrons. The zero-order valence-electron chi connectivity index (χ0n) is 10.3. The Labute approximate surface area is 113 Å². The molecule has 0 aliphatic carbocycles. The van der Waals surface area contributed by atoms with Gasteiger partial charge in [0.15, 0.2) is 0 Å². The van der Waals surface area contributed by atoms with E-state index in [-0.39, 0.29) is 0 Å². The van der Waals surface area contributed by atoms with Crippen molar-refractivity contribution in [2.45, 2.75) is 6.54 Å². The van der Waals surface area contributed by atoms with E-state index in [1.807, 2.05) is 0 Å².